The van der Waals surface area contributed by atoms with Gasteiger partial charge in [0.25, 0.3) is 0 Å². The third-order valence-corrected chi connectivity index (χ3v) is 5.51. The van der Waals surface area contributed by atoms with Crippen molar-refractivity contribution in [1.29, 1.82) is 0 Å². The second-order valence-electron chi connectivity index (χ2n) is 7.12. The number of aromatic nitrogens is 2. The first-order valence-corrected chi connectivity index (χ1v) is 8.59. The van der Waals surface area contributed by atoms with Gasteiger partial charge in [0.15, 0.2) is 0 Å². The minimum absolute atomic E-state index is 0.186. The van der Waals surface area contributed by atoms with Gasteiger partial charge >= 0.3 is 0 Å². The van der Waals surface area contributed by atoms with E-state index >= 15 is 0 Å². The third kappa shape index (κ3) is 2.92. The molecular formula is C17H25N3S. The summed E-state index contributed by atoms with van der Waals surface area (Å²) < 4.78 is 2.47. The molecule has 0 aromatic carbocycles. The minimum atomic E-state index is 0.186. The van der Waals surface area contributed by atoms with Crippen molar-refractivity contribution in [1.82, 2.24) is 9.55 Å². The Kier molecular flexibility index (Phi) is 3.70. The van der Waals surface area contributed by atoms with E-state index in [9.17, 15) is 0 Å². The lowest BCUT2D eigenvalue weighted by Gasteiger charge is -2.34. The van der Waals surface area contributed by atoms with Gasteiger partial charge in [-0.2, -0.15) is 0 Å². The zero-order valence-corrected chi connectivity index (χ0v) is 14.3. The summed E-state index contributed by atoms with van der Waals surface area (Å²) in [6, 6.07) is 2.48. The van der Waals surface area contributed by atoms with Crippen LogP contribution in [0.3, 0.4) is 0 Å². The summed E-state index contributed by atoms with van der Waals surface area (Å²) in [6.07, 6.45) is 3.21. The SMILES string of the molecule is Cc1csc(CCn2c(C)cc3c2CC(C)(C)CC3N)n1. The highest BCUT2D eigenvalue weighted by Gasteiger charge is 2.33. The van der Waals surface area contributed by atoms with E-state index in [0.29, 0.717) is 5.41 Å². The fraction of sp³-hybridized carbons (Fsp3) is 0.588. The van der Waals surface area contributed by atoms with E-state index in [1.54, 1.807) is 11.3 Å². The molecule has 21 heavy (non-hydrogen) atoms. The van der Waals surface area contributed by atoms with Crippen LogP contribution in [0, 0.1) is 19.3 Å². The van der Waals surface area contributed by atoms with Crippen molar-refractivity contribution >= 4 is 11.3 Å². The molecule has 0 fully saturated rings. The van der Waals surface area contributed by atoms with E-state index in [0.717, 1.165) is 31.5 Å². The predicted molar refractivity (Wildman–Crippen MR) is 88.8 cm³/mol. The van der Waals surface area contributed by atoms with Crippen LogP contribution in [0.15, 0.2) is 11.4 Å². The van der Waals surface area contributed by atoms with Crippen LogP contribution in [-0.4, -0.2) is 9.55 Å². The lowest BCUT2D eigenvalue weighted by molar-refractivity contribution is 0.275. The van der Waals surface area contributed by atoms with Crippen LogP contribution in [0.5, 0.6) is 0 Å². The molecule has 0 radical (unpaired) electrons. The van der Waals surface area contributed by atoms with Gasteiger partial charge in [0, 0.05) is 41.5 Å². The number of fused-ring (bicyclic) bond motifs is 1. The Balaban J connectivity index is 1.86. The van der Waals surface area contributed by atoms with Crippen molar-refractivity contribution in [3.63, 3.8) is 0 Å². The predicted octanol–water partition coefficient (Wildman–Crippen LogP) is 3.78. The monoisotopic (exact) mass is 303 g/mol. The summed E-state index contributed by atoms with van der Waals surface area (Å²) in [5, 5.41) is 3.36. The van der Waals surface area contributed by atoms with Gasteiger partial charge in [-0.25, -0.2) is 4.98 Å². The summed E-state index contributed by atoms with van der Waals surface area (Å²) >= 11 is 1.77. The number of thiazole rings is 1. The average molecular weight is 303 g/mol. The number of hydrogen-bond donors (Lipinski definition) is 1. The third-order valence-electron chi connectivity index (χ3n) is 4.48. The summed E-state index contributed by atoms with van der Waals surface area (Å²) in [4.78, 5) is 4.58. The standard InChI is InChI=1S/C17H25N3S/c1-11-10-21-16(19-11)5-6-20-12(2)7-13-14(18)8-17(3,4)9-15(13)20/h7,10,14H,5-6,8-9,18H2,1-4H3. The number of hydrogen-bond acceptors (Lipinski definition) is 3. The fourth-order valence-electron chi connectivity index (χ4n) is 3.54. The van der Waals surface area contributed by atoms with Crippen LogP contribution in [0.2, 0.25) is 0 Å². The van der Waals surface area contributed by atoms with Crippen molar-refractivity contribution in [2.75, 3.05) is 0 Å². The summed E-state index contributed by atoms with van der Waals surface area (Å²) in [5.41, 5.74) is 12.0. The van der Waals surface area contributed by atoms with Crippen molar-refractivity contribution in [3.05, 3.63) is 39.1 Å². The molecule has 2 N–H and O–H groups in total. The van der Waals surface area contributed by atoms with Gasteiger partial charge in [0.2, 0.25) is 0 Å². The van der Waals surface area contributed by atoms with E-state index in [4.69, 9.17) is 5.73 Å². The molecule has 0 spiro atoms. The maximum atomic E-state index is 6.39. The molecule has 0 saturated heterocycles. The Hall–Kier alpha value is -1.13. The first kappa shape index (κ1) is 14.8. The van der Waals surface area contributed by atoms with Gasteiger partial charge in [-0.1, -0.05) is 13.8 Å². The molecule has 0 bridgehead atoms. The van der Waals surface area contributed by atoms with Crippen LogP contribution in [0.1, 0.15) is 54.0 Å². The maximum Gasteiger partial charge on any atom is 0.0945 e. The van der Waals surface area contributed by atoms with Crippen LogP contribution in [0.4, 0.5) is 0 Å². The molecule has 0 saturated carbocycles. The van der Waals surface area contributed by atoms with Crippen molar-refractivity contribution in [2.24, 2.45) is 11.1 Å². The number of aryl methyl sites for hydroxylation is 3. The lowest BCUT2D eigenvalue weighted by Crippen LogP contribution is -2.30. The van der Waals surface area contributed by atoms with Gasteiger partial charge < -0.3 is 10.3 Å². The minimum Gasteiger partial charge on any atom is -0.348 e. The average Bonchev–Trinajstić information content (AvgIpc) is 2.90. The summed E-state index contributed by atoms with van der Waals surface area (Å²) in [5.74, 6) is 0. The van der Waals surface area contributed by atoms with E-state index in [1.165, 1.54) is 22.0 Å². The van der Waals surface area contributed by atoms with Crippen LogP contribution < -0.4 is 5.73 Å². The van der Waals surface area contributed by atoms with E-state index in [2.05, 4.69) is 48.7 Å². The van der Waals surface area contributed by atoms with Gasteiger partial charge in [-0.3, -0.25) is 0 Å². The highest BCUT2D eigenvalue weighted by atomic mass is 32.1. The Morgan fingerprint density at radius 2 is 2.19 bits per heavy atom. The van der Waals surface area contributed by atoms with Crippen LogP contribution in [0.25, 0.3) is 0 Å². The second-order valence-corrected chi connectivity index (χ2v) is 8.07. The molecule has 3 rings (SSSR count). The van der Waals surface area contributed by atoms with Gasteiger partial charge in [-0.05, 0) is 43.7 Å². The number of nitrogens with zero attached hydrogens (tertiary/aromatic N) is 2. The lowest BCUT2D eigenvalue weighted by atomic mass is 9.74. The zero-order chi connectivity index (χ0) is 15.2. The summed E-state index contributed by atoms with van der Waals surface area (Å²) in [7, 11) is 0. The molecule has 1 aliphatic carbocycles. The smallest absolute Gasteiger partial charge is 0.0945 e. The highest BCUT2D eigenvalue weighted by molar-refractivity contribution is 7.09. The number of nitrogens with two attached hydrogens (primary N) is 1. The Bertz CT molecular complexity index is 651. The molecule has 4 heteroatoms. The van der Waals surface area contributed by atoms with Gasteiger partial charge in [-0.15, -0.1) is 11.3 Å². The van der Waals surface area contributed by atoms with Crippen molar-refractivity contribution < 1.29 is 0 Å². The van der Waals surface area contributed by atoms with E-state index in [1.807, 2.05) is 0 Å². The van der Waals surface area contributed by atoms with Crippen LogP contribution in [-0.2, 0) is 19.4 Å². The molecule has 114 valence electrons. The molecule has 1 aliphatic rings. The van der Waals surface area contributed by atoms with E-state index in [-0.39, 0.29) is 6.04 Å². The molecule has 3 nitrogen and oxygen atoms in total. The Morgan fingerprint density at radius 1 is 1.43 bits per heavy atom. The van der Waals surface area contributed by atoms with Gasteiger partial charge in [0.05, 0.1) is 5.01 Å². The normalized spacial score (nSPS) is 20.5. The molecule has 0 amide bonds. The van der Waals surface area contributed by atoms with E-state index < -0.39 is 0 Å². The summed E-state index contributed by atoms with van der Waals surface area (Å²) in [6.45, 7) is 9.92. The first-order chi connectivity index (χ1) is 9.85. The first-order valence-electron chi connectivity index (χ1n) is 7.71. The fourth-order valence-corrected chi connectivity index (χ4v) is 4.31. The maximum absolute atomic E-state index is 6.39. The van der Waals surface area contributed by atoms with Crippen molar-refractivity contribution in [3.8, 4) is 0 Å². The van der Waals surface area contributed by atoms with Crippen molar-refractivity contribution in [2.45, 2.75) is 59.5 Å². The number of rotatable bonds is 3. The zero-order valence-electron chi connectivity index (χ0n) is 13.4. The Morgan fingerprint density at radius 3 is 2.86 bits per heavy atom. The topological polar surface area (TPSA) is 43.8 Å². The quantitative estimate of drug-likeness (QED) is 0.938. The largest absolute Gasteiger partial charge is 0.348 e. The highest BCUT2D eigenvalue weighted by Crippen LogP contribution is 2.40. The molecule has 2 aromatic rings. The van der Waals surface area contributed by atoms with Gasteiger partial charge in [0.1, 0.15) is 0 Å². The Labute approximate surface area is 131 Å². The molecule has 0 aliphatic heterocycles. The molecule has 2 heterocycles. The second kappa shape index (κ2) is 5.25. The molecule has 2 aromatic heterocycles. The van der Waals surface area contributed by atoms with Crippen LogP contribution >= 0.6 is 11.3 Å². The molecular weight excluding hydrogens is 278 g/mol. The molecule has 1 unspecified atom stereocenters. The molecule has 1 atom stereocenters.